The number of benzene rings is 1. The van der Waals surface area contributed by atoms with Gasteiger partial charge in [0.05, 0.1) is 4.99 Å². The number of nitrogens with zero attached hydrogens (tertiary/aromatic N) is 1. The molecule has 0 radical (unpaired) electrons. The van der Waals surface area contributed by atoms with Crippen molar-refractivity contribution in [2.75, 3.05) is 26.7 Å². The van der Waals surface area contributed by atoms with Gasteiger partial charge in [-0.1, -0.05) is 24.4 Å². The highest BCUT2D eigenvalue weighted by molar-refractivity contribution is 7.80. The van der Waals surface area contributed by atoms with Gasteiger partial charge in [0.2, 0.25) is 0 Å². The van der Waals surface area contributed by atoms with Crippen LogP contribution in [0.15, 0.2) is 24.3 Å². The second kappa shape index (κ2) is 6.87. The predicted molar refractivity (Wildman–Crippen MR) is 82.6 cm³/mol. The molecule has 0 atom stereocenters. The van der Waals surface area contributed by atoms with Gasteiger partial charge in [-0.2, -0.15) is 0 Å². The van der Waals surface area contributed by atoms with E-state index in [1.165, 1.54) is 19.4 Å². The molecule has 2 N–H and O–H groups in total. The molecule has 3 nitrogen and oxygen atoms in total. The maximum absolute atomic E-state index is 5.73. The van der Waals surface area contributed by atoms with Gasteiger partial charge < -0.3 is 15.4 Å². The van der Waals surface area contributed by atoms with E-state index in [1.54, 1.807) is 0 Å². The Morgan fingerprint density at radius 2 is 2.05 bits per heavy atom. The zero-order chi connectivity index (χ0) is 13.7. The molecule has 0 spiro atoms. The van der Waals surface area contributed by atoms with Crippen LogP contribution in [0.3, 0.4) is 0 Å². The van der Waals surface area contributed by atoms with E-state index in [9.17, 15) is 0 Å². The van der Waals surface area contributed by atoms with Gasteiger partial charge in [0.1, 0.15) is 12.4 Å². The summed E-state index contributed by atoms with van der Waals surface area (Å²) in [5.74, 6) is 1.84. The monoisotopic (exact) mass is 278 g/mol. The first-order chi connectivity index (χ1) is 9.13. The lowest BCUT2D eigenvalue weighted by Crippen LogP contribution is -2.26. The summed E-state index contributed by atoms with van der Waals surface area (Å²) in [6.07, 6.45) is 3.45. The average molecular weight is 278 g/mol. The summed E-state index contributed by atoms with van der Waals surface area (Å²) in [7, 11) is 2.16. The quantitative estimate of drug-likeness (QED) is 0.740. The molecule has 0 amide bonds. The number of thiocarbonyl (C=S) groups is 1. The second-order valence-corrected chi connectivity index (χ2v) is 5.87. The molecule has 104 valence electrons. The normalized spacial score (nSPS) is 14.6. The number of hydrogen-bond acceptors (Lipinski definition) is 3. The number of rotatable bonds is 8. The van der Waals surface area contributed by atoms with Crippen LogP contribution in [0.1, 0.15) is 18.4 Å². The molecule has 1 aromatic carbocycles. The fourth-order valence-electron chi connectivity index (χ4n) is 2.06. The Kier molecular flexibility index (Phi) is 5.16. The SMILES string of the molecule is CN(CCOc1ccc(CC(N)=S)cc1)CC1CC1. The molecule has 19 heavy (non-hydrogen) atoms. The van der Waals surface area contributed by atoms with Crippen molar-refractivity contribution in [1.29, 1.82) is 0 Å². The molecule has 4 heteroatoms. The summed E-state index contributed by atoms with van der Waals surface area (Å²) in [6, 6.07) is 7.99. The van der Waals surface area contributed by atoms with Crippen molar-refractivity contribution in [2.45, 2.75) is 19.3 Å². The minimum Gasteiger partial charge on any atom is -0.492 e. The molecule has 0 unspecified atom stereocenters. The Bertz CT molecular complexity index is 415. The summed E-state index contributed by atoms with van der Waals surface area (Å²) in [4.78, 5) is 2.87. The molecule has 0 saturated heterocycles. The summed E-state index contributed by atoms with van der Waals surface area (Å²) >= 11 is 4.89. The van der Waals surface area contributed by atoms with Crippen LogP contribution in [0.5, 0.6) is 5.75 Å². The molecule has 2 rings (SSSR count). The molecule has 0 bridgehead atoms. The van der Waals surface area contributed by atoms with Crippen molar-refractivity contribution in [3.05, 3.63) is 29.8 Å². The fraction of sp³-hybridized carbons (Fsp3) is 0.533. The van der Waals surface area contributed by atoms with Gasteiger partial charge in [0.25, 0.3) is 0 Å². The van der Waals surface area contributed by atoms with E-state index in [2.05, 4.69) is 11.9 Å². The van der Waals surface area contributed by atoms with Crippen LogP contribution in [0.25, 0.3) is 0 Å². The van der Waals surface area contributed by atoms with Crippen molar-refractivity contribution < 1.29 is 4.74 Å². The van der Waals surface area contributed by atoms with E-state index in [4.69, 9.17) is 22.7 Å². The lowest BCUT2D eigenvalue weighted by molar-refractivity contribution is 0.232. The molecule has 1 aliphatic carbocycles. The van der Waals surface area contributed by atoms with Gasteiger partial charge >= 0.3 is 0 Å². The maximum Gasteiger partial charge on any atom is 0.119 e. The number of nitrogens with two attached hydrogens (primary N) is 1. The smallest absolute Gasteiger partial charge is 0.119 e. The van der Waals surface area contributed by atoms with E-state index < -0.39 is 0 Å². The third-order valence-corrected chi connectivity index (χ3v) is 3.45. The van der Waals surface area contributed by atoms with E-state index >= 15 is 0 Å². The minimum absolute atomic E-state index is 0.523. The van der Waals surface area contributed by atoms with Crippen LogP contribution in [-0.4, -0.2) is 36.6 Å². The van der Waals surface area contributed by atoms with E-state index in [-0.39, 0.29) is 0 Å². The predicted octanol–water partition coefficient (Wildman–Crippen LogP) is 2.24. The maximum atomic E-state index is 5.73. The Labute approximate surface area is 120 Å². The van der Waals surface area contributed by atoms with E-state index in [1.807, 2.05) is 24.3 Å². The van der Waals surface area contributed by atoms with Crippen molar-refractivity contribution in [3.8, 4) is 5.75 Å². The zero-order valence-electron chi connectivity index (χ0n) is 11.5. The lowest BCUT2D eigenvalue weighted by Gasteiger charge is -2.16. The first-order valence-corrected chi connectivity index (χ1v) is 7.23. The molecule has 0 heterocycles. The van der Waals surface area contributed by atoms with Crippen LogP contribution in [-0.2, 0) is 6.42 Å². The molecule has 1 aromatic rings. The van der Waals surface area contributed by atoms with Gasteiger partial charge in [0.15, 0.2) is 0 Å². The van der Waals surface area contributed by atoms with Gasteiger partial charge in [0, 0.05) is 19.5 Å². The Balaban J connectivity index is 1.68. The Hall–Kier alpha value is -1.13. The number of ether oxygens (including phenoxy) is 1. The van der Waals surface area contributed by atoms with Gasteiger partial charge in [-0.25, -0.2) is 0 Å². The molecular weight excluding hydrogens is 256 g/mol. The first-order valence-electron chi connectivity index (χ1n) is 6.82. The van der Waals surface area contributed by atoms with Crippen molar-refractivity contribution >= 4 is 17.2 Å². The van der Waals surface area contributed by atoms with Crippen LogP contribution >= 0.6 is 12.2 Å². The molecule has 0 aromatic heterocycles. The topological polar surface area (TPSA) is 38.5 Å². The molecular formula is C15H22N2OS. The second-order valence-electron chi connectivity index (χ2n) is 5.34. The standard InChI is InChI=1S/C15H22N2OS/c1-17(11-13-2-3-13)8-9-18-14-6-4-12(5-7-14)10-15(16)19/h4-7,13H,2-3,8-11H2,1H3,(H2,16,19). The largest absolute Gasteiger partial charge is 0.492 e. The summed E-state index contributed by atoms with van der Waals surface area (Å²) in [5, 5.41) is 0. The highest BCUT2D eigenvalue weighted by atomic mass is 32.1. The zero-order valence-corrected chi connectivity index (χ0v) is 12.3. The third-order valence-electron chi connectivity index (χ3n) is 3.31. The van der Waals surface area contributed by atoms with Crippen LogP contribution in [0, 0.1) is 5.92 Å². The highest BCUT2D eigenvalue weighted by Crippen LogP contribution is 2.29. The fourth-order valence-corrected chi connectivity index (χ4v) is 2.22. The molecule has 0 aliphatic heterocycles. The van der Waals surface area contributed by atoms with Crippen LogP contribution in [0.4, 0.5) is 0 Å². The average Bonchev–Trinajstić information content (AvgIpc) is 3.14. The van der Waals surface area contributed by atoms with E-state index in [0.29, 0.717) is 11.4 Å². The minimum atomic E-state index is 0.523. The third kappa shape index (κ3) is 5.57. The van der Waals surface area contributed by atoms with Crippen molar-refractivity contribution in [2.24, 2.45) is 11.7 Å². The summed E-state index contributed by atoms with van der Waals surface area (Å²) in [5.41, 5.74) is 6.65. The first kappa shape index (κ1) is 14.3. The van der Waals surface area contributed by atoms with Gasteiger partial charge in [-0.3, -0.25) is 0 Å². The lowest BCUT2D eigenvalue weighted by atomic mass is 10.1. The molecule has 1 aliphatic rings. The molecule has 1 saturated carbocycles. The Morgan fingerprint density at radius 1 is 1.37 bits per heavy atom. The molecule has 1 fully saturated rings. The summed E-state index contributed by atoms with van der Waals surface area (Å²) < 4.78 is 5.73. The van der Waals surface area contributed by atoms with Crippen molar-refractivity contribution in [3.63, 3.8) is 0 Å². The number of hydrogen-bond donors (Lipinski definition) is 1. The van der Waals surface area contributed by atoms with Crippen molar-refractivity contribution in [1.82, 2.24) is 4.90 Å². The highest BCUT2D eigenvalue weighted by Gasteiger charge is 2.22. The van der Waals surface area contributed by atoms with Crippen LogP contribution < -0.4 is 10.5 Å². The van der Waals surface area contributed by atoms with E-state index in [0.717, 1.165) is 30.4 Å². The van der Waals surface area contributed by atoms with Gasteiger partial charge in [-0.05, 0) is 43.5 Å². The number of likely N-dealkylation sites (N-methyl/N-ethyl adjacent to an activating group) is 1. The van der Waals surface area contributed by atoms with Gasteiger partial charge in [-0.15, -0.1) is 0 Å². The summed E-state index contributed by atoms with van der Waals surface area (Å²) in [6.45, 7) is 2.92. The van der Waals surface area contributed by atoms with Crippen LogP contribution in [0.2, 0.25) is 0 Å². The Morgan fingerprint density at radius 3 is 2.63 bits per heavy atom.